The van der Waals surface area contributed by atoms with Crippen LogP contribution in [-0.4, -0.2) is 51.0 Å². The largest absolute Gasteiger partial charge is 0.444 e. The topological polar surface area (TPSA) is 121 Å². The van der Waals surface area contributed by atoms with Crippen LogP contribution in [0.2, 0.25) is 0 Å². The van der Waals surface area contributed by atoms with Crippen LogP contribution in [0.5, 0.6) is 0 Å². The van der Waals surface area contributed by atoms with E-state index in [1.165, 1.54) is 0 Å². The molecule has 0 bridgehead atoms. The summed E-state index contributed by atoms with van der Waals surface area (Å²) in [6.07, 6.45) is 2.20. The van der Waals surface area contributed by atoms with Crippen molar-refractivity contribution in [3.63, 3.8) is 0 Å². The van der Waals surface area contributed by atoms with Crippen molar-refractivity contribution in [1.29, 1.82) is 0 Å². The van der Waals surface area contributed by atoms with Gasteiger partial charge in [-0.15, -0.1) is 0 Å². The lowest BCUT2D eigenvalue weighted by atomic mass is 9.88. The van der Waals surface area contributed by atoms with Gasteiger partial charge in [0.15, 0.2) is 0 Å². The van der Waals surface area contributed by atoms with Crippen molar-refractivity contribution in [2.45, 2.75) is 76.3 Å². The van der Waals surface area contributed by atoms with Gasteiger partial charge in [0.05, 0.1) is 24.3 Å². The maximum Gasteiger partial charge on any atom is 0.407 e. The van der Waals surface area contributed by atoms with Crippen LogP contribution in [-0.2, 0) is 28.8 Å². The van der Waals surface area contributed by atoms with Crippen molar-refractivity contribution in [1.82, 2.24) is 15.6 Å². The number of fused-ring (bicyclic) bond motifs is 1. The van der Waals surface area contributed by atoms with Gasteiger partial charge in [-0.3, -0.25) is 9.78 Å². The highest BCUT2D eigenvalue weighted by molar-refractivity contribution is 5.80. The zero-order valence-corrected chi connectivity index (χ0v) is 23.3. The number of nitrogens with zero attached hydrogens (tertiary/aromatic N) is 1. The second-order valence-corrected chi connectivity index (χ2v) is 11.5. The fourth-order valence-corrected chi connectivity index (χ4v) is 5.17. The molecule has 1 aromatic heterocycles. The summed E-state index contributed by atoms with van der Waals surface area (Å²) in [6.45, 7) is 5.33. The molecule has 5 atom stereocenters. The Labute approximate surface area is 235 Å². The van der Waals surface area contributed by atoms with E-state index in [2.05, 4.69) is 15.6 Å². The molecule has 0 radical (unpaired) electrons. The number of hydrogen-bond acceptors (Lipinski definition) is 6. The Morgan fingerprint density at radius 2 is 1.62 bits per heavy atom. The van der Waals surface area contributed by atoms with Gasteiger partial charge < -0.3 is 25.6 Å². The van der Waals surface area contributed by atoms with E-state index < -0.39 is 41.9 Å². The summed E-state index contributed by atoms with van der Waals surface area (Å²) in [5, 5.41) is 28.1. The molecular formula is C32H39N3O5. The molecule has 0 fully saturated rings. The lowest BCUT2D eigenvalue weighted by Crippen LogP contribution is -2.48. The van der Waals surface area contributed by atoms with E-state index in [1.54, 1.807) is 33.2 Å². The lowest BCUT2D eigenvalue weighted by molar-refractivity contribution is -0.127. The minimum absolute atomic E-state index is 0.0892. The third kappa shape index (κ3) is 8.13. The molecule has 2 amide bonds. The highest BCUT2D eigenvalue weighted by atomic mass is 16.6. The Hall–Kier alpha value is -3.75. The van der Waals surface area contributed by atoms with Gasteiger partial charge in [-0.25, -0.2) is 4.79 Å². The number of benzene rings is 2. The average molecular weight is 546 g/mol. The van der Waals surface area contributed by atoms with Gasteiger partial charge in [-0.1, -0.05) is 54.6 Å². The first-order valence-electron chi connectivity index (χ1n) is 13.8. The number of aromatic nitrogens is 1. The third-order valence-electron chi connectivity index (χ3n) is 7.10. The number of nitrogens with one attached hydrogen (secondary N) is 2. The molecule has 0 spiro atoms. The quantitative estimate of drug-likeness (QED) is 0.307. The molecule has 4 rings (SSSR count). The Kier molecular flexibility index (Phi) is 9.55. The molecule has 0 saturated carbocycles. The Morgan fingerprint density at radius 3 is 2.33 bits per heavy atom. The predicted octanol–water partition coefficient (Wildman–Crippen LogP) is 3.90. The van der Waals surface area contributed by atoms with Crippen molar-refractivity contribution < 1.29 is 24.5 Å². The second-order valence-electron chi connectivity index (χ2n) is 11.5. The molecule has 1 heterocycles. The third-order valence-corrected chi connectivity index (χ3v) is 7.10. The number of aliphatic hydroxyl groups is 2. The standard InChI is InChI=1S/C32H39N3O5/c1-32(2,3)40-31(39)34-26(18-21-9-5-4-6-10-21)27(36)20-24(17-22-13-15-33-16-14-22)30(38)35-29-25-12-8-7-11-23(25)19-28(29)37/h4-16,24,26-29,36-37H,17-20H2,1-3H3,(H,34,39)(H,35,38)/t24-,26+,27+,28+,29?/m1/s1. The van der Waals surface area contributed by atoms with E-state index in [0.717, 1.165) is 22.3 Å². The van der Waals surface area contributed by atoms with E-state index in [0.29, 0.717) is 19.3 Å². The van der Waals surface area contributed by atoms with Crippen LogP contribution in [0, 0.1) is 5.92 Å². The summed E-state index contributed by atoms with van der Waals surface area (Å²) < 4.78 is 5.46. The van der Waals surface area contributed by atoms with Crippen LogP contribution >= 0.6 is 0 Å². The van der Waals surface area contributed by atoms with Gasteiger partial charge in [0.2, 0.25) is 5.91 Å². The maximum atomic E-state index is 13.7. The van der Waals surface area contributed by atoms with Gasteiger partial charge >= 0.3 is 6.09 Å². The van der Waals surface area contributed by atoms with Crippen LogP contribution in [0.1, 0.15) is 55.5 Å². The van der Waals surface area contributed by atoms with E-state index in [-0.39, 0.29) is 12.3 Å². The van der Waals surface area contributed by atoms with Crippen molar-refractivity contribution in [2.75, 3.05) is 0 Å². The first kappa shape index (κ1) is 29.2. The van der Waals surface area contributed by atoms with Crippen LogP contribution in [0.25, 0.3) is 0 Å². The number of carbonyl (C=O) groups excluding carboxylic acids is 2. The van der Waals surface area contributed by atoms with E-state index in [1.807, 2.05) is 66.7 Å². The molecule has 212 valence electrons. The number of hydrogen-bond donors (Lipinski definition) is 4. The number of rotatable bonds is 10. The van der Waals surface area contributed by atoms with Crippen molar-refractivity contribution in [3.8, 4) is 0 Å². The number of ether oxygens (including phenoxy) is 1. The SMILES string of the molecule is CC(C)(C)OC(=O)N[C@@H](Cc1ccccc1)[C@@H](O)C[C@@H](Cc1ccncc1)C(=O)NC1c2ccccc2C[C@@H]1O. The monoisotopic (exact) mass is 545 g/mol. The highest BCUT2D eigenvalue weighted by Crippen LogP contribution is 2.32. The van der Waals surface area contributed by atoms with Crippen LogP contribution in [0.4, 0.5) is 4.79 Å². The van der Waals surface area contributed by atoms with Gasteiger partial charge in [0.1, 0.15) is 5.60 Å². The smallest absolute Gasteiger partial charge is 0.407 e. The van der Waals surface area contributed by atoms with Crippen molar-refractivity contribution in [2.24, 2.45) is 5.92 Å². The minimum atomic E-state index is -1.05. The van der Waals surface area contributed by atoms with E-state index >= 15 is 0 Å². The molecule has 3 aromatic rings. The molecule has 2 aromatic carbocycles. The molecule has 0 saturated heterocycles. The Balaban J connectivity index is 1.54. The fourth-order valence-electron chi connectivity index (χ4n) is 5.17. The Morgan fingerprint density at radius 1 is 0.975 bits per heavy atom. The Bertz CT molecular complexity index is 1260. The lowest BCUT2D eigenvalue weighted by Gasteiger charge is -2.29. The zero-order valence-electron chi connectivity index (χ0n) is 23.3. The summed E-state index contributed by atoms with van der Waals surface area (Å²) in [5.74, 6) is -0.900. The average Bonchev–Trinajstić information content (AvgIpc) is 3.22. The van der Waals surface area contributed by atoms with Gasteiger partial charge in [0.25, 0.3) is 0 Å². The molecule has 40 heavy (non-hydrogen) atoms. The summed E-state index contributed by atoms with van der Waals surface area (Å²) in [4.78, 5) is 30.5. The predicted molar refractivity (Wildman–Crippen MR) is 152 cm³/mol. The maximum absolute atomic E-state index is 13.7. The van der Waals surface area contributed by atoms with Crippen molar-refractivity contribution in [3.05, 3.63) is 101 Å². The number of pyridine rings is 1. The highest BCUT2D eigenvalue weighted by Gasteiger charge is 2.35. The molecule has 0 aliphatic heterocycles. The van der Waals surface area contributed by atoms with Crippen LogP contribution in [0.3, 0.4) is 0 Å². The molecule has 1 unspecified atom stereocenters. The van der Waals surface area contributed by atoms with Gasteiger partial charge in [-0.2, -0.15) is 0 Å². The summed E-state index contributed by atoms with van der Waals surface area (Å²) in [5.41, 5.74) is 3.04. The molecule has 8 heteroatoms. The van der Waals surface area contributed by atoms with E-state index in [4.69, 9.17) is 4.74 Å². The summed E-state index contributed by atoms with van der Waals surface area (Å²) >= 11 is 0. The fraction of sp³-hybridized carbons (Fsp3) is 0.406. The molecule has 1 aliphatic carbocycles. The first-order chi connectivity index (χ1) is 19.1. The molecule has 1 aliphatic rings. The summed E-state index contributed by atoms with van der Waals surface area (Å²) in [7, 11) is 0. The molecule has 4 N–H and O–H groups in total. The number of amides is 2. The number of carbonyl (C=O) groups is 2. The number of aliphatic hydroxyl groups excluding tert-OH is 2. The van der Waals surface area contributed by atoms with Gasteiger partial charge in [0, 0.05) is 24.7 Å². The number of alkyl carbamates (subject to hydrolysis) is 1. The molecular weight excluding hydrogens is 506 g/mol. The van der Waals surface area contributed by atoms with Gasteiger partial charge in [-0.05, 0) is 74.4 Å². The molecule has 8 nitrogen and oxygen atoms in total. The first-order valence-corrected chi connectivity index (χ1v) is 13.8. The second kappa shape index (κ2) is 13.1. The van der Waals surface area contributed by atoms with E-state index in [9.17, 15) is 19.8 Å². The van der Waals surface area contributed by atoms with Crippen LogP contribution in [0.15, 0.2) is 79.1 Å². The normalized spacial score (nSPS) is 18.7. The van der Waals surface area contributed by atoms with Crippen molar-refractivity contribution >= 4 is 12.0 Å². The minimum Gasteiger partial charge on any atom is -0.444 e. The van der Waals surface area contributed by atoms with Crippen LogP contribution < -0.4 is 10.6 Å². The summed E-state index contributed by atoms with van der Waals surface area (Å²) in [6, 6.07) is 19.7. The zero-order chi connectivity index (χ0) is 28.7.